The van der Waals surface area contributed by atoms with Crippen molar-refractivity contribution in [2.75, 3.05) is 13.2 Å². The second kappa shape index (κ2) is 10.2. The Morgan fingerprint density at radius 2 is 1.83 bits per heavy atom. The maximum atomic E-state index is 13.9. The highest BCUT2D eigenvalue weighted by atomic mass is 32.2. The Bertz CT molecular complexity index is 1680. The lowest BCUT2D eigenvalue weighted by molar-refractivity contribution is 0.340. The van der Waals surface area contributed by atoms with Gasteiger partial charge in [0.15, 0.2) is 0 Å². The highest BCUT2D eigenvalue weighted by Crippen LogP contribution is 2.26. The monoisotopic (exact) mass is 520 g/mol. The number of benzene rings is 3. The zero-order valence-electron chi connectivity index (χ0n) is 19.5. The molecule has 0 atom stereocenters. The highest BCUT2D eigenvalue weighted by molar-refractivity contribution is 7.89. The number of nitrogens with one attached hydrogen (secondary N) is 1. The lowest BCUT2D eigenvalue weighted by atomic mass is 10.1. The molecule has 2 heterocycles. The van der Waals surface area contributed by atoms with E-state index in [9.17, 15) is 13.2 Å². The maximum Gasteiger partial charge on any atom is 0.252 e. The molecule has 0 spiro atoms. The van der Waals surface area contributed by atoms with Crippen molar-refractivity contribution in [3.8, 4) is 5.75 Å². The van der Waals surface area contributed by atoms with Gasteiger partial charge in [-0.25, -0.2) is 8.42 Å². The van der Waals surface area contributed by atoms with Crippen LogP contribution in [0.4, 0.5) is 0 Å². The number of ether oxygens (including phenoxy) is 1. The molecule has 0 aliphatic heterocycles. The van der Waals surface area contributed by atoms with Gasteiger partial charge in [0.05, 0.1) is 18.3 Å². The SMILES string of the molecule is CCOc1ccc2[nH]c(=O)c(CN(CCc3ccccc3)S(=O)(=O)c3cccc4nsnc34)cc2c1. The van der Waals surface area contributed by atoms with Crippen LogP contribution in [0, 0.1) is 0 Å². The fraction of sp³-hybridized carbons (Fsp3) is 0.192. The number of fused-ring (bicyclic) bond motifs is 2. The summed E-state index contributed by atoms with van der Waals surface area (Å²) in [7, 11) is -3.99. The molecule has 184 valence electrons. The van der Waals surface area contributed by atoms with Crippen LogP contribution in [0.15, 0.2) is 82.5 Å². The summed E-state index contributed by atoms with van der Waals surface area (Å²) in [6.07, 6.45) is 0.491. The molecule has 2 aromatic heterocycles. The van der Waals surface area contributed by atoms with E-state index in [0.717, 1.165) is 22.7 Å². The Morgan fingerprint density at radius 3 is 2.64 bits per heavy atom. The van der Waals surface area contributed by atoms with Crippen LogP contribution in [-0.4, -0.2) is 39.6 Å². The molecular weight excluding hydrogens is 496 g/mol. The third kappa shape index (κ3) is 4.88. The van der Waals surface area contributed by atoms with Gasteiger partial charge in [-0.1, -0.05) is 36.4 Å². The van der Waals surface area contributed by atoms with Crippen molar-refractivity contribution in [2.24, 2.45) is 0 Å². The van der Waals surface area contributed by atoms with Crippen LogP contribution in [0.2, 0.25) is 0 Å². The van der Waals surface area contributed by atoms with Crippen LogP contribution in [0.1, 0.15) is 18.1 Å². The summed E-state index contributed by atoms with van der Waals surface area (Å²) in [6.45, 7) is 2.52. The molecular formula is C26H24N4O4S2. The van der Waals surface area contributed by atoms with Crippen LogP contribution in [-0.2, 0) is 23.0 Å². The molecule has 0 saturated heterocycles. The first kappa shape index (κ1) is 24.1. The van der Waals surface area contributed by atoms with E-state index >= 15 is 0 Å². The predicted molar refractivity (Wildman–Crippen MR) is 141 cm³/mol. The molecule has 36 heavy (non-hydrogen) atoms. The third-order valence-corrected chi connectivity index (χ3v) is 8.33. The predicted octanol–water partition coefficient (Wildman–Crippen LogP) is 4.37. The molecule has 0 bridgehead atoms. The van der Waals surface area contributed by atoms with Crippen molar-refractivity contribution < 1.29 is 13.2 Å². The van der Waals surface area contributed by atoms with Crippen molar-refractivity contribution in [3.63, 3.8) is 0 Å². The molecule has 1 N–H and O–H groups in total. The largest absolute Gasteiger partial charge is 0.494 e. The smallest absolute Gasteiger partial charge is 0.252 e. The lowest BCUT2D eigenvalue weighted by Gasteiger charge is -2.22. The van der Waals surface area contributed by atoms with Crippen LogP contribution in [0.25, 0.3) is 21.9 Å². The van der Waals surface area contributed by atoms with E-state index in [-0.39, 0.29) is 23.5 Å². The second-order valence-electron chi connectivity index (χ2n) is 8.27. The maximum absolute atomic E-state index is 13.9. The van der Waals surface area contributed by atoms with Gasteiger partial charge >= 0.3 is 0 Å². The van der Waals surface area contributed by atoms with E-state index in [4.69, 9.17) is 4.74 Å². The minimum atomic E-state index is -3.99. The summed E-state index contributed by atoms with van der Waals surface area (Å²) >= 11 is 0.968. The Labute approximate surface area is 212 Å². The Morgan fingerprint density at radius 1 is 1.00 bits per heavy atom. The molecule has 10 heteroatoms. The van der Waals surface area contributed by atoms with Crippen LogP contribution < -0.4 is 10.3 Å². The number of aromatic amines is 1. The average molecular weight is 521 g/mol. The van der Waals surface area contributed by atoms with Gasteiger partial charge in [-0.05, 0) is 55.3 Å². The number of sulfonamides is 1. The van der Waals surface area contributed by atoms with Gasteiger partial charge in [0.2, 0.25) is 10.0 Å². The minimum absolute atomic E-state index is 0.0812. The first-order chi connectivity index (χ1) is 17.5. The van der Waals surface area contributed by atoms with E-state index in [2.05, 4.69) is 13.7 Å². The zero-order valence-corrected chi connectivity index (χ0v) is 21.2. The number of aromatic nitrogens is 3. The molecule has 0 unspecified atom stereocenters. The summed E-state index contributed by atoms with van der Waals surface area (Å²) in [5.74, 6) is 0.680. The number of hydrogen-bond donors (Lipinski definition) is 1. The van der Waals surface area contributed by atoms with Crippen LogP contribution in [0.5, 0.6) is 5.75 Å². The van der Waals surface area contributed by atoms with Crippen molar-refractivity contribution in [3.05, 3.63) is 94.3 Å². The van der Waals surface area contributed by atoms with Gasteiger partial charge in [-0.2, -0.15) is 13.1 Å². The molecule has 5 aromatic rings. The molecule has 0 amide bonds. The lowest BCUT2D eigenvalue weighted by Crippen LogP contribution is -2.34. The van der Waals surface area contributed by atoms with E-state index in [1.165, 1.54) is 10.4 Å². The summed E-state index contributed by atoms with van der Waals surface area (Å²) in [4.78, 5) is 15.9. The van der Waals surface area contributed by atoms with Crippen molar-refractivity contribution in [1.82, 2.24) is 18.0 Å². The van der Waals surface area contributed by atoms with Gasteiger partial charge in [0.1, 0.15) is 21.7 Å². The van der Waals surface area contributed by atoms with Crippen molar-refractivity contribution in [1.29, 1.82) is 0 Å². The molecule has 5 rings (SSSR count). The topological polar surface area (TPSA) is 105 Å². The Kier molecular flexibility index (Phi) is 6.82. The summed E-state index contributed by atoms with van der Waals surface area (Å²) in [6, 6.07) is 21.7. The summed E-state index contributed by atoms with van der Waals surface area (Å²) < 4.78 is 43.2. The number of rotatable bonds is 9. The van der Waals surface area contributed by atoms with E-state index < -0.39 is 10.0 Å². The third-order valence-electron chi connectivity index (χ3n) is 5.91. The van der Waals surface area contributed by atoms with Crippen molar-refractivity contribution >= 4 is 43.7 Å². The molecule has 0 saturated carbocycles. The standard InChI is InChI=1S/C26H24N4O4S2/c1-2-34-21-11-12-22-19(16-21)15-20(26(31)27-22)17-30(14-13-18-7-4-3-5-8-18)36(32,33)24-10-6-9-23-25(24)29-35-28-23/h3-12,15-16H,2,13-14,17H2,1H3,(H,27,31). The van der Waals surface area contributed by atoms with E-state index in [1.54, 1.807) is 30.3 Å². The molecule has 8 nitrogen and oxygen atoms in total. The van der Waals surface area contributed by atoms with Crippen LogP contribution in [0.3, 0.4) is 0 Å². The molecule has 3 aromatic carbocycles. The first-order valence-corrected chi connectivity index (χ1v) is 13.7. The second-order valence-corrected chi connectivity index (χ2v) is 10.7. The van der Waals surface area contributed by atoms with Gasteiger partial charge in [-0.3, -0.25) is 4.79 Å². The Hall–Kier alpha value is -3.60. The minimum Gasteiger partial charge on any atom is -0.494 e. The quantitative estimate of drug-likeness (QED) is 0.310. The van der Waals surface area contributed by atoms with Crippen molar-refractivity contribution in [2.45, 2.75) is 24.8 Å². The number of nitrogens with zero attached hydrogens (tertiary/aromatic N) is 3. The molecule has 0 aliphatic carbocycles. The average Bonchev–Trinajstić information content (AvgIpc) is 3.36. The van der Waals surface area contributed by atoms with Gasteiger partial charge in [0.25, 0.3) is 5.56 Å². The molecule has 0 aliphatic rings. The normalized spacial score (nSPS) is 11.9. The summed E-state index contributed by atoms with van der Waals surface area (Å²) in [5, 5.41) is 0.766. The molecule has 0 fully saturated rings. The fourth-order valence-corrected chi connectivity index (χ4v) is 6.28. The first-order valence-electron chi connectivity index (χ1n) is 11.5. The van der Waals surface area contributed by atoms with Gasteiger partial charge in [-0.15, -0.1) is 0 Å². The zero-order chi connectivity index (χ0) is 25.1. The van der Waals surface area contributed by atoms with Crippen LogP contribution >= 0.6 is 11.7 Å². The number of pyridine rings is 1. The van der Waals surface area contributed by atoms with Gasteiger partial charge < -0.3 is 9.72 Å². The van der Waals surface area contributed by atoms with E-state index in [1.807, 2.05) is 43.3 Å². The summed E-state index contributed by atoms with van der Waals surface area (Å²) in [5.41, 5.74) is 2.53. The highest BCUT2D eigenvalue weighted by Gasteiger charge is 2.28. The Balaban J connectivity index is 1.55. The fourth-order valence-electron chi connectivity index (χ4n) is 4.11. The number of H-pyrrole nitrogens is 1. The number of hydrogen-bond acceptors (Lipinski definition) is 7. The molecule has 0 radical (unpaired) electrons. The van der Waals surface area contributed by atoms with Gasteiger partial charge in [0, 0.05) is 29.6 Å². The van der Waals surface area contributed by atoms with E-state index in [0.29, 0.717) is 40.9 Å².